The Hall–Kier alpha value is -0.910. The quantitative estimate of drug-likeness (QED) is 0.802. The number of hydrogen-bond donors (Lipinski definition) is 1. The fourth-order valence-corrected chi connectivity index (χ4v) is 2.13. The molecule has 1 aliphatic heterocycles. The Labute approximate surface area is 82.9 Å². The standard InChI is InChI=1S/C7H8BrN3O2/c8-7-10-9-5-3-1-2-4(6(12)13)11(5)7/h4H,1-3H2,(H,12,13). The lowest BCUT2D eigenvalue weighted by molar-refractivity contribution is -0.141. The topological polar surface area (TPSA) is 68.0 Å². The maximum absolute atomic E-state index is 10.9. The van der Waals surface area contributed by atoms with Crippen molar-refractivity contribution in [2.45, 2.75) is 25.3 Å². The molecule has 1 aromatic heterocycles. The number of rotatable bonds is 1. The summed E-state index contributed by atoms with van der Waals surface area (Å²) in [4.78, 5) is 10.9. The molecule has 0 aliphatic carbocycles. The summed E-state index contributed by atoms with van der Waals surface area (Å²) in [6.07, 6.45) is 2.32. The van der Waals surface area contributed by atoms with Gasteiger partial charge < -0.3 is 5.11 Å². The Morgan fingerprint density at radius 1 is 1.62 bits per heavy atom. The summed E-state index contributed by atoms with van der Waals surface area (Å²) in [6, 6.07) is -0.506. The molecule has 2 rings (SSSR count). The second kappa shape index (κ2) is 3.10. The molecule has 0 radical (unpaired) electrons. The van der Waals surface area contributed by atoms with Crippen LogP contribution in [-0.2, 0) is 11.2 Å². The Morgan fingerprint density at radius 3 is 3.08 bits per heavy atom. The number of aromatic nitrogens is 3. The van der Waals surface area contributed by atoms with E-state index in [-0.39, 0.29) is 0 Å². The molecular weight excluding hydrogens is 238 g/mol. The van der Waals surface area contributed by atoms with Crippen LogP contribution in [0.25, 0.3) is 0 Å². The molecule has 13 heavy (non-hydrogen) atoms. The number of halogens is 1. The van der Waals surface area contributed by atoms with E-state index >= 15 is 0 Å². The van der Waals surface area contributed by atoms with Crippen molar-refractivity contribution in [1.82, 2.24) is 14.8 Å². The van der Waals surface area contributed by atoms with Crippen LogP contribution in [0.2, 0.25) is 0 Å². The molecule has 0 spiro atoms. The van der Waals surface area contributed by atoms with Crippen LogP contribution >= 0.6 is 15.9 Å². The van der Waals surface area contributed by atoms with Crippen molar-refractivity contribution in [3.05, 3.63) is 10.6 Å². The van der Waals surface area contributed by atoms with Gasteiger partial charge in [0.25, 0.3) is 0 Å². The van der Waals surface area contributed by atoms with E-state index in [1.54, 1.807) is 4.57 Å². The molecule has 1 aromatic rings. The first-order valence-electron chi connectivity index (χ1n) is 4.02. The third kappa shape index (κ3) is 1.35. The second-order valence-electron chi connectivity index (χ2n) is 3.00. The van der Waals surface area contributed by atoms with E-state index in [4.69, 9.17) is 5.11 Å². The molecule has 2 heterocycles. The molecule has 0 amide bonds. The van der Waals surface area contributed by atoms with E-state index in [0.29, 0.717) is 11.2 Å². The summed E-state index contributed by atoms with van der Waals surface area (Å²) in [5, 5.41) is 16.6. The summed E-state index contributed by atoms with van der Waals surface area (Å²) < 4.78 is 2.15. The molecule has 0 saturated heterocycles. The molecule has 70 valence electrons. The zero-order valence-corrected chi connectivity index (χ0v) is 8.36. The maximum Gasteiger partial charge on any atom is 0.326 e. The summed E-state index contributed by atoms with van der Waals surface area (Å²) in [5.41, 5.74) is 0. The average Bonchev–Trinajstić information content (AvgIpc) is 2.48. The van der Waals surface area contributed by atoms with Gasteiger partial charge in [-0.1, -0.05) is 0 Å². The molecule has 0 bridgehead atoms. The van der Waals surface area contributed by atoms with Crippen molar-refractivity contribution in [2.75, 3.05) is 0 Å². The number of aliphatic carboxylic acids is 1. The fourth-order valence-electron chi connectivity index (χ4n) is 1.60. The van der Waals surface area contributed by atoms with Crippen molar-refractivity contribution in [2.24, 2.45) is 0 Å². The molecule has 0 aromatic carbocycles. The fraction of sp³-hybridized carbons (Fsp3) is 0.571. The van der Waals surface area contributed by atoms with Gasteiger partial charge in [0, 0.05) is 6.42 Å². The molecule has 0 saturated carbocycles. The molecule has 1 unspecified atom stereocenters. The minimum atomic E-state index is -0.818. The number of hydrogen-bond acceptors (Lipinski definition) is 3. The Kier molecular flexibility index (Phi) is 2.07. The van der Waals surface area contributed by atoms with Crippen LogP contribution in [0.15, 0.2) is 4.73 Å². The molecule has 1 N–H and O–H groups in total. The molecule has 0 fully saturated rings. The van der Waals surface area contributed by atoms with E-state index < -0.39 is 12.0 Å². The minimum Gasteiger partial charge on any atom is -0.480 e. The monoisotopic (exact) mass is 245 g/mol. The van der Waals surface area contributed by atoms with E-state index in [1.807, 2.05) is 0 Å². The highest BCUT2D eigenvalue weighted by Gasteiger charge is 2.28. The van der Waals surface area contributed by atoms with Crippen LogP contribution in [0.5, 0.6) is 0 Å². The van der Waals surface area contributed by atoms with Gasteiger partial charge >= 0.3 is 5.97 Å². The van der Waals surface area contributed by atoms with Gasteiger partial charge in [0.2, 0.25) is 4.73 Å². The van der Waals surface area contributed by atoms with Crippen molar-refractivity contribution in [3.8, 4) is 0 Å². The normalized spacial score (nSPS) is 21.2. The van der Waals surface area contributed by atoms with Crippen LogP contribution in [0.1, 0.15) is 24.7 Å². The summed E-state index contributed by atoms with van der Waals surface area (Å²) in [6.45, 7) is 0. The van der Waals surface area contributed by atoms with Gasteiger partial charge in [-0.25, -0.2) is 4.79 Å². The third-order valence-corrected chi connectivity index (χ3v) is 2.74. The lowest BCUT2D eigenvalue weighted by Crippen LogP contribution is -2.25. The minimum absolute atomic E-state index is 0.506. The highest BCUT2D eigenvalue weighted by Crippen LogP contribution is 2.27. The van der Waals surface area contributed by atoms with E-state index in [0.717, 1.165) is 18.7 Å². The highest BCUT2D eigenvalue weighted by atomic mass is 79.9. The van der Waals surface area contributed by atoms with E-state index in [9.17, 15) is 4.79 Å². The largest absolute Gasteiger partial charge is 0.480 e. The average molecular weight is 246 g/mol. The van der Waals surface area contributed by atoms with Crippen LogP contribution in [0.3, 0.4) is 0 Å². The van der Waals surface area contributed by atoms with E-state index in [2.05, 4.69) is 26.1 Å². The summed E-state index contributed by atoms with van der Waals surface area (Å²) in [5.74, 6) is -0.0630. The molecule has 6 heteroatoms. The van der Waals surface area contributed by atoms with Gasteiger partial charge in [-0.15, -0.1) is 10.2 Å². The molecule has 1 aliphatic rings. The lowest BCUT2D eigenvalue weighted by Gasteiger charge is -2.20. The zero-order valence-electron chi connectivity index (χ0n) is 6.77. The predicted molar refractivity (Wildman–Crippen MR) is 47.3 cm³/mol. The van der Waals surface area contributed by atoms with Gasteiger partial charge in [-0.05, 0) is 28.8 Å². The predicted octanol–water partition coefficient (Wildman–Crippen LogP) is 1.00. The van der Waals surface area contributed by atoms with Gasteiger partial charge in [-0.3, -0.25) is 4.57 Å². The van der Waals surface area contributed by atoms with Crippen molar-refractivity contribution in [1.29, 1.82) is 0 Å². The SMILES string of the molecule is O=C(O)C1CCCc2nnc(Br)n21. The lowest BCUT2D eigenvalue weighted by atomic mass is 10.1. The molecule has 5 nitrogen and oxygen atoms in total. The van der Waals surface area contributed by atoms with Crippen molar-refractivity contribution in [3.63, 3.8) is 0 Å². The highest BCUT2D eigenvalue weighted by molar-refractivity contribution is 9.10. The van der Waals surface area contributed by atoms with Gasteiger partial charge in [0.15, 0.2) is 0 Å². The first-order valence-corrected chi connectivity index (χ1v) is 4.81. The summed E-state index contributed by atoms with van der Waals surface area (Å²) in [7, 11) is 0. The number of fused-ring (bicyclic) bond motifs is 1. The maximum atomic E-state index is 10.9. The molecule has 1 atom stereocenters. The zero-order chi connectivity index (χ0) is 9.42. The Bertz CT molecular complexity index is 350. The number of carbonyl (C=O) groups is 1. The van der Waals surface area contributed by atoms with Crippen molar-refractivity contribution >= 4 is 21.9 Å². The Balaban J connectivity index is 2.46. The van der Waals surface area contributed by atoms with Crippen LogP contribution in [0.4, 0.5) is 0 Å². The molecular formula is C7H8BrN3O2. The van der Waals surface area contributed by atoms with E-state index in [1.165, 1.54) is 0 Å². The van der Waals surface area contributed by atoms with Crippen molar-refractivity contribution < 1.29 is 9.90 Å². The van der Waals surface area contributed by atoms with Gasteiger partial charge in [-0.2, -0.15) is 0 Å². The number of aryl methyl sites for hydroxylation is 1. The van der Waals surface area contributed by atoms with Crippen LogP contribution in [-0.4, -0.2) is 25.8 Å². The smallest absolute Gasteiger partial charge is 0.326 e. The number of carboxylic acids is 1. The Morgan fingerprint density at radius 2 is 2.38 bits per heavy atom. The van der Waals surface area contributed by atoms with Gasteiger partial charge in [0.1, 0.15) is 11.9 Å². The van der Waals surface area contributed by atoms with Crippen LogP contribution < -0.4 is 0 Å². The van der Waals surface area contributed by atoms with Gasteiger partial charge in [0.05, 0.1) is 0 Å². The number of carboxylic acid groups (broad SMARTS) is 1. The first kappa shape index (κ1) is 8.68. The van der Waals surface area contributed by atoms with Crippen LogP contribution in [0, 0.1) is 0 Å². The summed E-state index contributed by atoms with van der Waals surface area (Å²) >= 11 is 3.19. The first-order chi connectivity index (χ1) is 6.20. The third-order valence-electron chi connectivity index (χ3n) is 2.20. The second-order valence-corrected chi connectivity index (χ2v) is 3.71. The number of nitrogens with zero attached hydrogens (tertiary/aromatic N) is 3.